The normalized spacial score (nSPS) is 13.6. The van der Waals surface area contributed by atoms with E-state index in [0.717, 1.165) is 22.2 Å². The Bertz CT molecular complexity index is 678. The van der Waals surface area contributed by atoms with Crippen LogP contribution in [0.15, 0.2) is 28.8 Å². The van der Waals surface area contributed by atoms with Gasteiger partial charge in [0, 0.05) is 24.9 Å². The maximum atomic E-state index is 5.82. The summed E-state index contributed by atoms with van der Waals surface area (Å²) in [5.74, 6) is 0.869. The maximum absolute atomic E-state index is 5.82. The van der Waals surface area contributed by atoms with Crippen LogP contribution in [0, 0.1) is 0 Å². The summed E-state index contributed by atoms with van der Waals surface area (Å²) in [6, 6.07) is 8.28. The highest BCUT2D eigenvalue weighted by atomic mass is 16.5. The van der Waals surface area contributed by atoms with E-state index >= 15 is 0 Å². The van der Waals surface area contributed by atoms with Crippen molar-refractivity contribution < 1.29 is 4.52 Å². The summed E-state index contributed by atoms with van der Waals surface area (Å²) in [7, 11) is 2.03. The van der Waals surface area contributed by atoms with Gasteiger partial charge in [0.05, 0.1) is 5.52 Å². The molecule has 3 rings (SSSR count). The Kier molecular flexibility index (Phi) is 2.19. The van der Waals surface area contributed by atoms with Crippen molar-refractivity contribution in [1.82, 2.24) is 9.72 Å². The van der Waals surface area contributed by atoms with Crippen LogP contribution < -0.4 is 5.73 Å². The zero-order chi connectivity index (χ0) is 12.0. The molecule has 2 heterocycles. The molecule has 4 heteroatoms. The lowest BCUT2D eigenvalue weighted by atomic mass is 10.2. The Hall–Kier alpha value is -1.81. The number of hydrogen-bond donors (Lipinski definition) is 1. The first-order valence-corrected chi connectivity index (χ1v) is 5.75. The van der Waals surface area contributed by atoms with Crippen LogP contribution in [0.4, 0.5) is 0 Å². The van der Waals surface area contributed by atoms with Crippen LogP contribution >= 0.6 is 0 Å². The Labute approximate surface area is 99.0 Å². The predicted molar refractivity (Wildman–Crippen MR) is 67.8 cm³/mol. The molecule has 3 aromatic rings. The first kappa shape index (κ1) is 10.4. The van der Waals surface area contributed by atoms with E-state index in [0.29, 0.717) is 6.42 Å². The van der Waals surface area contributed by atoms with Gasteiger partial charge in [-0.25, -0.2) is 0 Å². The third-order valence-corrected chi connectivity index (χ3v) is 3.10. The quantitative estimate of drug-likeness (QED) is 0.733. The van der Waals surface area contributed by atoms with Gasteiger partial charge in [-0.1, -0.05) is 23.4 Å². The van der Waals surface area contributed by atoms with Crippen molar-refractivity contribution in [3.63, 3.8) is 0 Å². The highest BCUT2D eigenvalue weighted by molar-refractivity contribution is 6.06. The van der Waals surface area contributed by atoms with E-state index < -0.39 is 0 Å². The summed E-state index contributed by atoms with van der Waals surface area (Å²) in [5, 5.41) is 5.30. The lowest BCUT2D eigenvalue weighted by Crippen LogP contribution is -2.17. The average Bonchev–Trinajstić information content (AvgIpc) is 2.81. The Morgan fingerprint density at radius 2 is 2.18 bits per heavy atom. The van der Waals surface area contributed by atoms with Gasteiger partial charge in [0.15, 0.2) is 5.76 Å². The van der Waals surface area contributed by atoms with Gasteiger partial charge in [0.25, 0.3) is 0 Å². The maximum Gasteiger partial charge on any atom is 0.162 e. The number of para-hydroxylation sites is 1. The molecule has 2 N–H and O–H groups in total. The molecule has 0 saturated carbocycles. The minimum absolute atomic E-state index is 0.0733. The monoisotopic (exact) mass is 229 g/mol. The summed E-state index contributed by atoms with van der Waals surface area (Å²) in [6.07, 6.45) is 0.709. The molecule has 0 aliphatic heterocycles. The molecule has 0 aliphatic carbocycles. The van der Waals surface area contributed by atoms with Crippen molar-refractivity contribution >= 4 is 21.9 Å². The van der Waals surface area contributed by atoms with Crippen molar-refractivity contribution in [2.24, 2.45) is 12.8 Å². The number of nitrogens with two attached hydrogens (primary N) is 1. The first-order chi connectivity index (χ1) is 8.18. The molecule has 1 unspecified atom stereocenters. The lowest BCUT2D eigenvalue weighted by molar-refractivity contribution is 0.383. The zero-order valence-corrected chi connectivity index (χ0v) is 9.97. The number of fused-ring (bicyclic) bond motifs is 3. The van der Waals surface area contributed by atoms with E-state index in [-0.39, 0.29) is 6.04 Å². The summed E-state index contributed by atoms with van der Waals surface area (Å²) in [5.41, 5.74) is 8.98. The number of hydrogen-bond acceptors (Lipinski definition) is 3. The van der Waals surface area contributed by atoms with Crippen LogP contribution in [0.25, 0.3) is 21.9 Å². The van der Waals surface area contributed by atoms with E-state index in [1.54, 1.807) is 0 Å². The van der Waals surface area contributed by atoms with Crippen LogP contribution in [0.5, 0.6) is 0 Å². The standard InChI is InChI=1S/C13H15N3O/c1-8(14)7-11-13-12(15-17-11)9-5-3-4-6-10(9)16(13)2/h3-6,8H,7,14H2,1-2H3. The van der Waals surface area contributed by atoms with Gasteiger partial charge < -0.3 is 14.8 Å². The molecule has 0 bridgehead atoms. The molecule has 0 saturated heterocycles. The van der Waals surface area contributed by atoms with Gasteiger partial charge in [0.2, 0.25) is 0 Å². The molecule has 1 atom stereocenters. The molecule has 17 heavy (non-hydrogen) atoms. The van der Waals surface area contributed by atoms with Crippen molar-refractivity contribution in [2.45, 2.75) is 19.4 Å². The van der Waals surface area contributed by atoms with Crippen LogP contribution in [-0.4, -0.2) is 15.8 Å². The van der Waals surface area contributed by atoms with E-state index in [9.17, 15) is 0 Å². The smallest absolute Gasteiger partial charge is 0.162 e. The summed E-state index contributed by atoms with van der Waals surface area (Å²) >= 11 is 0. The third-order valence-electron chi connectivity index (χ3n) is 3.10. The van der Waals surface area contributed by atoms with Gasteiger partial charge in [-0.15, -0.1) is 0 Å². The molecule has 88 valence electrons. The van der Waals surface area contributed by atoms with Crippen LogP contribution in [0.2, 0.25) is 0 Å². The fourth-order valence-electron chi connectivity index (χ4n) is 2.36. The molecular formula is C13H15N3O. The first-order valence-electron chi connectivity index (χ1n) is 5.75. The van der Waals surface area contributed by atoms with Crippen molar-refractivity contribution in [2.75, 3.05) is 0 Å². The second-order valence-corrected chi connectivity index (χ2v) is 4.56. The van der Waals surface area contributed by atoms with E-state index in [4.69, 9.17) is 10.3 Å². The summed E-state index contributed by atoms with van der Waals surface area (Å²) in [4.78, 5) is 0. The minimum atomic E-state index is 0.0733. The summed E-state index contributed by atoms with van der Waals surface area (Å²) in [6.45, 7) is 1.97. The number of benzene rings is 1. The topological polar surface area (TPSA) is 57.0 Å². The average molecular weight is 229 g/mol. The molecule has 4 nitrogen and oxygen atoms in total. The molecule has 0 aliphatic rings. The lowest BCUT2D eigenvalue weighted by Gasteiger charge is -2.02. The number of aromatic nitrogens is 2. The third kappa shape index (κ3) is 1.45. The fraction of sp³-hybridized carbons (Fsp3) is 0.308. The number of rotatable bonds is 2. The molecule has 0 fully saturated rings. The number of nitrogens with zero attached hydrogens (tertiary/aromatic N) is 2. The molecule has 0 radical (unpaired) electrons. The second kappa shape index (κ2) is 3.60. The van der Waals surface area contributed by atoms with Crippen molar-refractivity contribution in [3.8, 4) is 0 Å². The highest BCUT2D eigenvalue weighted by Crippen LogP contribution is 2.29. The van der Waals surface area contributed by atoms with Gasteiger partial charge >= 0.3 is 0 Å². The molecular weight excluding hydrogens is 214 g/mol. The molecule has 1 aromatic carbocycles. The van der Waals surface area contributed by atoms with Crippen molar-refractivity contribution in [1.29, 1.82) is 0 Å². The van der Waals surface area contributed by atoms with Crippen LogP contribution in [-0.2, 0) is 13.5 Å². The SMILES string of the molecule is CC(N)Cc1onc2c3ccccc3n(C)c12. The Morgan fingerprint density at radius 1 is 1.41 bits per heavy atom. The van der Waals surface area contributed by atoms with Gasteiger partial charge in [0.1, 0.15) is 11.0 Å². The largest absolute Gasteiger partial charge is 0.358 e. The summed E-state index contributed by atoms with van der Waals surface area (Å²) < 4.78 is 7.53. The Morgan fingerprint density at radius 3 is 2.94 bits per heavy atom. The van der Waals surface area contributed by atoms with Gasteiger partial charge in [-0.3, -0.25) is 0 Å². The zero-order valence-electron chi connectivity index (χ0n) is 9.97. The van der Waals surface area contributed by atoms with Crippen LogP contribution in [0.3, 0.4) is 0 Å². The predicted octanol–water partition coefficient (Wildman–Crippen LogP) is 2.21. The fourth-order valence-corrected chi connectivity index (χ4v) is 2.36. The van der Waals surface area contributed by atoms with Crippen LogP contribution in [0.1, 0.15) is 12.7 Å². The Balaban J connectivity index is 2.34. The minimum Gasteiger partial charge on any atom is -0.358 e. The van der Waals surface area contributed by atoms with Crippen molar-refractivity contribution in [3.05, 3.63) is 30.0 Å². The van der Waals surface area contributed by atoms with Gasteiger partial charge in [-0.05, 0) is 13.0 Å². The molecule has 0 amide bonds. The second-order valence-electron chi connectivity index (χ2n) is 4.56. The van der Waals surface area contributed by atoms with E-state index in [2.05, 4.69) is 21.9 Å². The van der Waals surface area contributed by atoms with E-state index in [1.165, 1.54) is 5.52 Å². The highest BCUT2D eigenvalue weighted by Gasteiger charge is 2.17. The molecule has 0 spiro atoms. The van der Waals surface area contributed by atoms with E-state index in [1.807, 2.05) is 26.1 Å². The van der Waals surface area contributed by atoms with Gasteiger partial charge in [-0.2, -0.15) is 0 Å². The number of aryl methyl sites for hydroxylation is 1. The molecule has 2 aromatic heterocycles.